The molecule has 2 amide bonds. The Labute approximate surface area is 147 Å². The van der Waals surface area contributed by atoms with Gasteiger partial charge in [-0.1, -0.05) is 24.3 Å². The van der Waals surface area contributed by atoms with Gasteiger partial charge in [0.05, 0.1) is 18.7 Å². The zero-order valence-corrected chi connectivity index (χ0v) is 14.5. The summed E-state index contributed by atoms with van der Waals surface area (Å²) < 4.78 is 5.58. The molecule has 0 saturated carbocycles. The summed E-state index contributed by atoms with van der Waals surface area (Å²) in [6, 6.07) is 14.8. The van der Waals surface area contributed by atoms with Crippen LogP contribution in [0.5, 0.6) is 5.75 Å². The van der Waals surface area contributed by atoms with Gasteiger partial charge < -0.3 is 20.7 Å². The largest absolute Gasteiger partial charge is 0.492 e. The molecule has 2 rings (SSSR count). The number of ether oxygens (including phenoxy) is 1. The number of carbonyl (C=O) groups is 2. The molecular weight excluding hydrogens is 318 g/mol. The average molecular weight is 341 g/mol. The van der Waals surface area contributed by atoms with Gasteiger partial charge in [-0.25, -0.2) is 0 Å². The molecule has 0 saturated heterocycles. The van der Waals surface area contributed by atoms with Crippen LogP contribution in [-0.4, -0.2) is 38.6 Å². The molecule has 0 fully saturated rings. The molecule has 3 N–H and O–H groups in total. The first-order valence-electron chi connectivity index (χ1n) is 8.11. The SMILES string of the molecule is CNC(=O)c1ccccc1NCC(=O)NCCOc1cccc(C)c1. The normalized spacial score (nSPS) is 10.0. The second kappa shape index (κ2) is 9.32. The van der Waals surface area contributed by atoms with Gasteiger partial charge in [-0.05, 0) is 36.8 Å². The molecule has 0 spiro atoms. The Bertz CT molecular complexity index is 731. The summed E-state index contributed by atoms with van der Waals surface area (Å²) in [5.41, 5.74) is 2.24. The highest BCUT2D eigenvalue weighted by Crippen LogP contribution is 2.14. The van der Waals surface area contributed by atoms with Crippen LogP contribution in [-0.2, 0) is 4.79 Å². The van der Waals surface area contributed by atoms with E-state index in [4.69, 9.17) is 4.74 Å². The van der Waals surface area contributed by atoms with Crippen LogP contribution in [0, 0.1) is 6.92 Å². The van der Waals surface area contributed by atoms with E-state index in [9.17, 15) is 9.59 Å². The van der Waals surface area contributed by atoms with Crippen LogP contribution in [0.4, 0.5) is 5.69 Å². The lowest BCUT2D eigenvalue weighted by atomic mass is 10.1. The number of para-hydroxylation sites is 1. The van der Waals surface area contributed by atoms with Crippen molar-refractivity contribution in [3.8, 4) is 5.75 Å². The maximum atomic E-state index is 11.9. The van der Waals surface area contributed by atoms with E-state index < -0.39 is 0 Å². The van der Waals surface area contributed by atoms with Gasteiger partial charge in [-0.15, -0.1) is 0 Å². The van der Waals surface area contributed by atoms with Crippen LogP contribution < -0.4 is 20.7 Å². The number of hydrogen-bond acceptors (Lipinski definition) is 4. The monoisotopic (exact) mass is 341 g/mol. The van der Waals surface area contributed by atoms with Crippen molar-refractivity contribution < 1.29 is 14.3 Å². The summed E-state index contributed by atoms with van der Waals surface area (Å²) in [4.78, 5) is 23.7. The van der Waals surface area contributed by atoms with Gasteiger partial charge in [0.15, 0.2) is 0 Å². The molecule has 0 heterocycles. The smallest absolute Gasteiger partial charge is 0.253 e. The van der Waals surface area contributed by atoms with Gasteiger partial charge in [-0.2, -0.15) is 0 Å². The summed E-state index contributed by atoms with van der Waals surface area (Å²) in [5.74, 6) is 0.418. The van der Waals surface area contributed by atoms with Gasteiger partial charge in [0, 0.05) is 12.7 Å². The highest BCUT2D eigenvalue weighted by atomic mass is 16.5. The van der Waals surface area contributed by atoms with Crippen molar-refractivity contribution in [1.82, 2.24) is 10.6 Å². The second-order valence-electron chi connectivity index (χ2n) is 5.49. The third-order valence-electron chi connectivity index (χ3n) is 3.52. The quantitative estimate of drug-likeness (QED) is 0.641. The molecule has 0 aromatic heterocycles. The first-order chi connectivity index (χ1) is 12.1. The molecule has 6 heteroatoms. The van der Waals surface area contributed by atoms with Crippen molar-refractivity contribution in [2.75, 3.05) is 32.1 Å². The zero-order chi connectivity index (χ0) is 18.1. The number of rotatable bonds is 8. The fourth-order valence-electron chi connectivity index (χ4n) is 2.27. The molecule has 2 aromatic carbocycles. The molecule has 25 heavy (non-hydrogen) atoms. The zero-order valence-electron chi connectivity index (χ0n) is 14.5. The summed E-state index contributed by atoms with van der Waals surface area (Å²) in [6.07, 6.45) is 0. The highest BCUT2D eigenvalue weighted by Gasteiger charge is 2.09. The predicted molar refractivity (Wildman–Crippen MR) is 98.0 cm³/mol. The summed E-state index contributed by atoms with van der Waals surface area (Å²) >= 11 is 0. The van der Waals surface area contributed by atoms with E-state index in [0.717, 1.165) is 11.3 Å². The lowest BCUT2D eigenvalue weighted by Gasteiger charge is -2.12. The molecule has 0 aliphatic heterocycles. The molecule has 0 atom stereocenters. The van der Waals surface area contributed by atoms with E-state index in [-0.39, 0.29) is 18.4 Å². The van der Waals surface area contributed by atoms with E-state index in [1.807, 2.05) is 37.3 Å². The Morgan fingerprint density at radius 2 is 1.88 bits per heavy atom. The van der Waals surface area contributed by atoms with E-state index in [1.54, 1.807) is 25.2 Å². The van der Waals surface area contributed by atoms with E-state index in [2.05, 4.69) is 16.0 Å². The maximum Gasteiger partial charge on any atom is 0.253 e. The Morgan fingerprint density at radius 1 is 1.08 bits per heavy atom. The van der Waals surface area contributed by atoms with Crippen LogP contribution in [0.1, 0.15) is 15.9 Å². The first-order valence-corrected chi connectivity index (χ1v) is 8.11. The summed E-state index contributed by atoms with van der Waals surface area (Å²) in [6.45, 7) is 2.88. The molecule has 0 radical (unpaired) electrons. The van der Waals surface area contributed by atoms with Crippen LogP contribution in [0.25, 0.3) is 0 Å². The summed E-state index contributed by atoms with van der Waals surface area (Å²) in [5, 5.41) is 8.33. The predicted octanol–water partition coefficient (Wildman–Crippen LogP) is 1.96. The lowest BCUT2D eigenvalue weighted by Crippen LogP contribution is -2.33. The van der Waals surface area contributed by atoms with Crippen molar-refractivity contribution in [2.24, 2.45) is 0 Å². The third-order valence-corrected chi connectivity index (χ3v) is 3.52. The van der Waals surface area contributed by atoms with E-state index in [1.165, 1.54) is 0 Å². The average Bonchev–Trinajstić information content (AvgIpc) is 2.63. The van der Waals surface area contributed by atoms with Crippen LogP contribution >= 0.6 is 0 Å². The number of nitrogens with one attached hydrogen (secondary N) is 3. The number of carbonyl (C=O) groups excluding carboxylic acids is 2. The van der Waals surface area contributed by atoms with Crippen molar-refractivity contribution in [2.45, 2.75) is 6.92 Å². The van der Waals surface area contributed by atoms with Crippen LogP contribution in [0.3, 0.4) is 0 Å². The fourth-order valence-corrected chi connectivity index (χ4v) is 2.27. The minimum Gasteiger partial charge on any atom is -0.492 e. The molecule has 132 valence electrons. The molecule has 0 bridgehead atoms. The van der Waals surface area contributed by atoms with Crippen LogP contribution in [0.2, 0.25) is 0 Å². The minimum absolute atomic E-state index is 0.0818. The number of anilines is 1. The maximum absolute atomic E-state index is 11.9. The van der Waals surface area contributed by atoms with E-state index >= 15 is 0 Å². The Kier molecular flexibility index (Phi) is 6.83. The van der Waals surface area contributed by atoms with Gasteiger partial charge in [-0.3, -0.25) is 9.59 Å². The van der Waals surface area contributed by atoms with Crippen molar-refractivity contribution >= 4 is 17.5 Å². The number of aryl methyl sites for hydroxylation is 1. The van der Waals surface area contributed by atoms with Crippen molar-refractivity contribution in [1.29, 1.82) is 0 Å². The first kappa shape index (κ1) is 18.3. The van der Waals surface area contributed by atoms with E-state index in [0.29, 0.717) is 24.4 Å². The van der Waals surface area contributed by atoms with Crippen LogP contribution in [0.15, 0.2) is 48.5 Å². The molecule has 0 unspecified atom stereocenters. The minimum atomic E-state index is -0.199. The molecule has 0 aliphatic carbocycles. The fraction of sp³-hybridized carbons (Fsp3) is 0.263. The molecular formula is C19H23N3O3. The van der Waals surface area contributed by atoms with Gasteiger partial charge in [0.1, 0.15) is 12.4 Å². The topological polar surface area (TPSA) is 79.5 Å². The lowest BCUT2D eigenvalue weighted by molar-refractivity contribution is -0.119. The Morgan fingerprint density at radius 3 is 2.64 bits per heavy atom. The molecule has 2 aromatic rings. The third kappa shape index (κ3) is 5.84. The Balaban J connectivity index is 1.73. The molecule has 6 nitrogen and oxygen atoms in total. The summed E-state index contributed by atoms with van der Waals surface area (Å²) in [7, 11) is 1.57. The van der Waals surface area contributed by atoms with Gasteiger partial charge >= 0.3 is 0 Å². The molecule has 0 aliphatic rings. The van der Waals surface area contributed by atoms with Crippen molar-refractivity contribution in [3.05, 3.63) is 59.7 Å². The van der Waals surface area contributed by atoms with Gasteiger partial charge in [0.2, 0.25) is 5.91 Å². The Hall–Kier alpha value is -3.02. The second-order valence-corrected chi connectivity index (χ2v) is 5.49. The highest BCUT2D eigenvalue weighted by molar-refractivity contribution is 5.99. The number of hydrogen-bond donors (Lipinski definition) is 3. The standard InChI is InChI=1S/C19H23N3O3/c1-14-6-5-7-15(12-14)25-11-10-21-18(23)13-22-17-9-4-3-8-16(17)19(24)20-2/h3-9,12,22H,10-11,13H2,1-2H3,(H,20,24)(H,21,23). The number of amides is 2. The number of benzene rings is 2. The van der Waals surface area contributed by atoms with Crippen molar-refractivity contribution in [3.63, 3.8) is 0 Å². The van der Waals surface area contributed by atoms with Gasteiger partial charge in [0.25, 0.3) is 5.91 Å².